The van der Waals surface area contributed by atoms with Crippen molar-refractivity contribution in [3.8, 4) is 0 Å². The molecule has 2 amide bonds. The number of rotatable bonds is 8. The molecule has 0 atom stereocenters. The van der Waals surface area contributed by atoms with E-state index >= 15 is 0 Å². The Morgan fingerprint density at radius 1 is 1.11 bits per heavy atom. The van der Waals surface area contributed by atoms with Crippen molar-refractivity contribution in [2.75, 3.05) is 13.1 Å². The maximum Gasteiger partial charge on any atom is 0.389 e. The van der Waals surface area contributed by atoms with E-state index in [2.05, 4.69) is 25.9 Å². The van der Waals surface area contributed by atoms with Crippen molar-refractivity contribution in [3.63, 3.8) is 0 Å². The van der Waals surface area contributed by atoms with Crippen molar-refractivity contribution in [1.82, 2.24) is 30.6 Å². The highest BCUT2D eigenvalue weighted by molar-refractivity contribution is 5.94. The number of carbonyl (C=O) groups excluding carboxylic acids is 2. The highest BCUT2D eigenvalue weighted by Gasteiger charge is 2.17. The third-order valence-corrected chi connectivity index (χ3v) is 3.51. The number of aromatic nitrogens is 4. The van der Waals surface area contributed by atoms with Crippen LogP contribution in [-0.2, 0) is 6.54 Å². The van der Waals surface area contributed by atoms with Crippen molar-refractivity contribution in [2.24, 2.45) is 0 Å². The number of nitro groups is 1. The molecule has 0 radical (unpaired) electrons. The van der Waals surface area contributed by atoms with E-state index in [9.17, 15) is 19.7 Å². The molecule has 1 aromatic carbocycles. The van der Waals surface area contributed by atoms with Crippen LogP contribution in [0.25, 0.3) is 0 Å². The van der Waals surface area contributed by atoms with Gasteiger partial charge in [-0.25, -0.2) is 0 Å². The molecule has 0 unspecified atom stereocenters. The molecule has 0 saturated heterocycles. The number of nitrogens with zero attached hydrogens (tertiary/aromatic N) is 5. The normalized spacial score (nSPS) is 10.4. The van der Waals surface area contributed by atoms with E-state index in [0.717, 1.165) is 0 Å². The highest BCUT2D eigenvalue weighted by Crippen LogP contribution is 2.07. The van der Waals surface area contributed by atoms with Gasteiger partial charge in [-0.15, -0.1) is 0 Å². The Bertz CT molecular complexity index is 982. The fourth-order valence-corrected chi connectivity index (χ4v) is 2.21. The second kappa shape index (κ2) is 8.53. The van der Waals surface area contributed by atoms with E-state index in [1.54, 1.807) is 24.3 Å². The van der Waals surface area contributed by atoms with E-state index in [-0.39, 0.29) is 43.1 Å². The second-order valence-corrected chi connectivity index (χ2v) is 5.52. The average Bonchev–Trinajstić information content (AvgIpc) is 3.36. The van der Waals surface area contributed by atoms with Crippen LogP contribution in [0.1, 0.15) is 26.9 Å². The van der Waals surface area contributed by atoms with Gasteiger partial charge in [-0.2, -0.15) is 9.67 Å². The number of benzene rings is 1. The molecule has 0 saturated carbocycles. The van der Waals surface area contributed by atoms with Crippen molar-refractivity contribution < 1.29 is 19.0 Å². The van der Waals surface area contributed by atoms with Crippen molar-refractivity contribution >= 4 is 17.6 Å². The molecule has 0 bridgehead atoms. The van der Waals surface area contributed by atoms with Gasteiger partial charge in [0.25, 0.3) is 5.91 Å². The Morgan fingerprint density at radius 2 is 1.82 bits per heavy atom. The Morgan fingerprint density at radius 3 is 2.50 bits per heavy atom. The summed E-state index contributed by atoms with van der Waals surface area (Å²) in [4.78, 5) is 37.8. The first-order chi connectivity index (χ1) is 13.5. The summed E-state index contributed by atoms with van der Waals surface area (Å²) in [5.41, 5.74) is 0.522. The maximum atomic E-state index is 12.0. The summed E-state index contributed by atoms with van der Waals surface area (Å²) in [7, 11) is 0. The zero-order valence-corrected chi connectivity index (χ0v) is 14.4. The predicted molar refractivity (Wildman–Crippen MR) is 93.4 cm³/mol. The number of hydrogen-bond donors (Lipinski definition) is 2. The number of hydrogen-bond acceptors (Lipinski definition) is 8. The van der Waals surface area contributed by atoms with E-state index in [1.807, 2.05) is 6.07 Å². The molecule has 0 spiro atoms. The third kappa shape index (κ3) is 4.75. The van der Waals surface area contributed by atoms with Crippen LogP contribution in [0.3, 0.4) is 0 Å². The minimum absolute atomic E-state index is 0.0117. The fraction of sp³-hybridized carbons (Fsp3) is 0.188. The minimum atomic E-state index is -0.623. The quantitative estimate of drug-likeness (QED) is 0.320. The first kappa shape index (κ1) is 18.7. The lowest BCUT2D eigenvalue weighted by atomic mass is 10.2. The van der Waals surface area contributed by atoms with Gasteiger partial charge in [-0.3, -0.25) is 9.59 Å². The largest absolute Gasteiger partial charge is 0.389 e. The summed E-state index contributed by atoms with van der Waals surface area (Å²) in [6.07, 6.45) is 1.39. The average molecular weight is 385 g/mol. The summed E-state index contributed by atoms with van der Waals surface area (Å²) < 4.78 is 6.12. The molecule has 0 aliphatic heterocycles. The first-order valence-corrected chi connectivity index (χ1v) is 8.15. The molecule has 2 aromatic heterocycles. The Balaban J connectivity index is 1.45. The Hall–Kier alpha value is -4.09. The number of amides is 2. The van der Waals surface area contributed by atoms with Gasteiger partial charge in [0.2, 0.25) is 0 Å². The van der Waals surface area contributed by atoms with Gasteiger partial charge < -0.3 is 25.3 Å². The molecule has 3 rings (SSSR count). The SMILES string of the molecule is O=C(NCCNC(=O)c1nc(Cn2ccc([N+](=O)[O-])n2)no1)c1ccccc1. The number of nitrogens with one attached hydrogen (secondary N) is 2. The van der Waals surface area contributed by atoms with E-state index < -0.39 is 10.8 Å². The van der Waals surface area contributed by atoms with Crippen LogP contribution in [0.2, 0.25) is 0 Å². The first-order valence-electron chi connectivity index (χ1n) is 8.15. The van der Waals surface area contributed by atoms with Crippen LogP contribution in [0.15, 0.2) is 47.1 Å². The molecule has 2 heterocycles. The minimum Gasteiger partial charge on any atom is -0.358 e. The van der Waals surface area contributed by atoms with Gasteiger partial charge in [-0.1, -0.05) is 23.4 Å². The standard InChI is InChI=1S/C16H15N7O5/c24-14(11-4-2-1-3-5-11)17-7-8-18-15(25)16-19-12(21-28-16)10-22-9-6-13(20-22)23(26)27/h1-6,9H,7-8,10H2,(H,17,24)(H,18,25). The molecule has 28 heavy (non-hydrogen) atoms. The smallest absolute Gasteiger partial charge is 0.358 e. The van der Waals surface area contributed by atoms with Gasteiger partial charge in [0.15, 0.2) is 5.82 Å². The molecule has 12 heteroatoms. The topological polar surface area (TPSA) is 158 Å². The van der Waals surface area contributed by atoms with Crippen molar-refractivity contribution in [3.05, 3.63) is 70.0 Å². The Kier molecular flexibility index (Phi) is 5.69. The lowest BCUT2D eigenvalue weighted by molar-refractivity contribution is -0.389. The summed E-state index contributed by atoms with van der Waals surface area (Å²) in [5, 5.41) is 23.2. The summed E-state index contributed by atoms with van der Waals surface area (Å²) in [5.74, 6) is -1.27. The van der Waals surface area contributed by atoms with E-state index in [1.165, 1.54) is 16.9 Å². The van der Waals surface area contributed by atoms with Gasteiger partial charge in [0, 0.05) is 18.7 Å². The lowest BCUT2D eigenvalue weighted by Gasteiger charge is -2.05. The molecule has 144 valence electrons. The lowest BCUT2D eigenvalue weighted by Crippen LogP contribution is -2.34. The molecule has 12 nitrogen and oxygen atoms in total. The van der Waals surface area contributed by atoms with Gasteiger partial charge in [-0.05, 0) is 17.1 Å². The zero-order chi connectivity index (χ0) is 19.9. The van der Waals surface area contributed by atoms with Crippen molar-refractivity contribution in [1.29, 1.82) is 0 Å². The highest BCUT2D eigenvalue weighted by atomic mass is 16.6. The summed E-state index contributed by atoms with van der Waals surface area (Å²) >= 11 is 0. The van der Waals surface area contributed by atoms with E-state index in [0.29, 0.717) is 5.56 Å². The van der Waals surface area contributed by atoms with Crippen LogP contribution in [-0.4, -0.2) is 49.7 Å². The van der Waals surface area contributed by atoms with Crippen LogP contribution in [0.4, 0.5) is 5.82 Å². The van der Waals surface area contributed by atoms with Crippen LogP contribution in [0, 0.1) is 10.1 Å². The second-order valence-electron chi connectivity index (χ2n) is 5.52. The Labute approximate surface area is 157 Å². The van der Waals surface area contributed by atoms with Crippen LogP contribution >= 0.6 is 0 Å². The van der Waals surface area contributed by atoms with Gasteiger partial charge in [0.1, 0.15) is 6.54 Å². The van der Waals surface area contributed by atoms with Crippen LogP contribution < -0.4 is 10.6 Å². The molecule has 0 fully saturated rings. The third-order valence-electron chi connectivity index (χ3n) is 3.51. The van der Waals surface area contributed by atoms with Gasteiger partial charge in [0.05, 0.1) is 17.4 Å². The van der Waals surface area contributed by atoms with Gasteiger partial charge >= 0.3 is 17.6 Å². The molecule has 0 aliphatic rings. The fourth-order valence-electron chi connectivity index (χ4n) is 2.21. The summed E-state index contributed by atoms with van der Waals surface area (Å²) in [6, 6.07) is 9.92. The summed E-state index contributed by atoms with van der Waals surface area (Å²) in [6.45, 7) is 0.398. The molecule has 2 N–H and O–H groups in total. The zero-order valence-electron chi connectivity index (χ0n) is 14.4. The van der Waals surface area contributed by atoms with Crippen molar-refractivity contribution in [2.45, 2.75) is 6.54 Å². The molecular weight excluding hydrogens is 370 g/mol. The molecule has 3 aromatic rings. The monoisotopic (exact) mass is 385 g/mol. The molecule has 0 aliphatic carbocycles. The maximum absolute atomic E-state index is 12.0. The predicted octanol–water partition coefficient (Wildman–Crippen LogP) is 0.382. The number of carbonyl (C=O) groups is 2. The van der Waals surface area contributed by atoms with Crippen LogP contribution in [0.5, 0.6) is 0 Å². The molecular formula is C16H15N7O5. The van der Waals surface area contributed by atoms with E-state index in [4.69, 9.17) is 4.52 Å².